The number of Topliss-reactive ketones (excluding diaryl/α,β-unsaturated/α-hetero) is 1. The standard InChI is InChI=1S/C9H8BrClO2/c1-5(11)9(13)6-2-3-8(12)7(10)4-6/h2-5,12H,1H3. The molecule has 0 aromatic heterocycles. The van der Waals surface area contributed by atoms with E-state index in [0.717, 1.165) is 0 Å². The number of carbonyl (C=O) groups is 1. The van der Waals surface area contributed by atoms with Gasteiger partial charge in [0.1, 0.15) is 5.75 Å². The van der Waals surface area contributed by atoms with E-state index in [1.165, 1.54) is 6.07 Å². The van der Waals surface area contributed by atoms with Crippen molar-refractivity contribution >= 4 is 33.3 Å². The molecule has 1 aromatic carbocycles. The number of halogens is 2. The zero-order valence-electron chi connectivity index (χ0n) is 6.92. The van der Waals surface area contributed by atoms with Crippen LogP contribution in [0.3, 0.4) is 0 Å². The van der Waals surface area contributed by atoms with Gasteiger partial charge in [-0.05, 0) is 41.1 Å². The molecule has 0 aliphatic heterocycles. The maximum absolute atomic E-state index is 11.4. The SMILES string of the molecule is CC(Cl)C(=O)c1ccc(O)c(Br)c1. The summed E-state index contributed by atoms with van der Waals surface area (Å²) in [6, 6.07) is 4.55. The highest BCUT2D eigenvalue weighted by atomic mass is 79.9. The average Bonchev–Trinajstić information content (AvgIpc) is 2.08. The van der Waals surface area contributed by atoms with Crippen LogP contribution in [0.15, 0.2) is 22.7 Å². The van der Waals surface area contributed by atoms with Gasteiger partial charge in [-0.2, -0.15) is 0 Å². The summed E-state index contributed by atoms with van der Waals surface area (Å²) in [5, 5.41) is 8.63. The van der Waals surface area contributed by atoms with Crippen LogP contribution in [-0.4, -0.2) is 16.3 Å². The maximum atomic E-state index is 11.4. The minimum atomic E-state index is -0.545. The molecular weight excluding hydrogens is 255 g/mol. The van der Waals surface area contributed by atoms with Crippen LogP contribution in [0.5, 0.6) is 5.75 Å². The van der Waals surface area contributed by atoms with Gasteiger partial charge in [-0.25, -0.2) is 0 Å². The fourth-order valence-corrected chi connectivity index (χ4v) is 1.39. The van der Waals surface area contributed by atoms with Gasteiger partial charge in [0.05, 0.1) is 9.85 Å². The minimum Gasteiger partial charge on any atom is -0.507 e. The minimum absolute atomic E-state index is 0.110. The predicted octanol–water partition coefficient (Wildman–Crippen LogP) is 2.96. The van der Waals surface area contributed by atoms with Gasteiger partial charge in [0.15, 0.2) is 5.78 Å². The first-order valence-corrected chi connectivity index (χ1v) is 4.92. The van der Waals surface area contributed by atoms with Crippen molar-refractivity contribution in [3.63, 3.8) is 0 Å². The number of alkyl halides is 1. The average molecular weight is 264 g/mol. The lowest BCUT2D eigenvalue weighted by atomic mass is 10.1. The van der Waals surface area contributed by atoms with E-state index in [2.05, 4.69) is 15.9 Å². The van der Waals surface area contributed by atoms with Gasteiger partial charge in [-0.3, -0.25) is 4.79 Å². The van der Waals surface area contributed by atoms with Gasteiger partial charge in [-0.1, -0.05) is 0 Å². The molecule has 0 saturated heterocycles. The number of ketones is 1. The lowest BCUT2D eigenvalue weighted by molar-refractivity contribution is 0.0991. The van der Waals surface area contributed by atoms with Crippen molar-refractivity contribution in [1.82, 2.24) is 0 Å². The Morgan fingerprint density at radius 3 is 2.69 bits per heavy atom. The van der Waals surface area contributed by atoms with Crippen LogP contribution < -0.4 is 0 Å². The molecule has 1 N–H and O–H groups in total. The first kappa shape index (κ1) is 10.5. The number of aromatic hydroxyl groups is 1. The number of hydrogen-bond donors (Lipinski definition) is 1. The molecule has 4 heteroatoms. The number of hydrogen-bond acceptors (Lipinski definition) is 2. The summed E-state index contributed by atoms with van der Waals surface area (Å²) in [4.78, 5) is 11.4. The highest BCUT2D eigenvalue weighted by molar-refractivity contribution is 9.10. The molecule has 0 amide bonds. The van der Waals surface area contributed by atoms with Crippen LogP contribution in [0, 0.1) is 0 Å². The van der Waals surface area contributed by atoms with Gasteiger partial charge in [0.2, 0.25) is 0 Å². The molecule has 1 atom stereocenters. The van der Waals surface area contributed by atoms with Crippen molar-refractivity contribution in [3.05, 3.63) is 28.2 Å². The third-order valence-electron chi connectivity index (χ3n) is 1.59. The molecule has 0 aliphatic carbocycles. The molecule has 0 fully saturated rings. The Hall–Kier alpha value is -0.540. The van der Waals surface area contributed by atoms with E-state index < -0.39 is 5.38 Å². The molecule has 0 radical (unpaired) electrons. The van der Waals surface area contributed by atoms with Crippen molar-refractivity contribution in [2.45, 2.75) is 12.3 Å². The van der Waals surface area contributed by atoms with Crippen LogP contribution in [0.25, 0.3) is 0 Å². The van der Waals surface area contributed by atoms with Gasteiger partial charge in [0.25, 0.3) is 0 Å². The van der Waals surface area contributed by atoms with Crippen LogP contribution in [0.1, 0.15) is 17.3 Å². The Bertz CT molecular complexity index is 336. The smallest absolute Gasteiger partial charge is 0.180 e. The van der Waals surface area contributed by atoms with E-state index in [-0.39, 0.29) is 11.5 Å². The Kier molecular flexibility index (Phi) is 3.33. The van der Waals surface area contributed by atoms with E-state index in [1.807, 2.05) is 0 Å². The van der Waals surface area contributed by atoms with Crippen LogP contribution in [0.4, 0.5) is 0 Å². The number of phenols is 1. The zero-order valence-corrected chi connectivity index (χ0v) is 9.26. The quantitative estimate of drug-likeness (QED) is 0.658. The number of rotatable bonds is 2. The fourth-order valence-electron chi connectivity index (χ4n) is 0.890. The second-order valence-electron chi connectivity index (χ2n) is 2.65. The highest BCUT2D eigenvalue weighted by Crippen LogP contribution is 2.25. The van der Waals surface area contributed by atoms with Crippen molar-refractivity contribution in [3.8, 4) is 5.75 Å². The molecule has 1 rings (SSSR count). The fraction of sp³-hybridized carbons (Fsp3) is 0.222. The molecule has 0 heterocycles. The topological polar surface area (TPSA) is 37.3 Å². The molecule has 0 bridgehead atoms. The largest absolute Gasteiger partial charge is 0.507 e. The number of benzene rings is 1. The molecule has 0 aliphatic rings. The molecular formula is C9H8BrClO2. The van der Waals surface area contributed by atoms with Crippen LogP contribution >= 0.6 is 27.5 Å². The Morgan fingerprint density at radius 1 is 1.62 bits per heavy atom. The van der Waals surface area contributed by atoms with Gasteiger partial charge in [0, 0.05) is 5.56 Å². The molecule has 2 nitrogen and oxygen atoms in total. The third-order valence-corrected chi connectivity index (χ3v) is 2.43. The third kappa shape index (κ3) is 2.45. The molecule has 13 heavy (non-hydrogen) atoms. The summed E-state index contributed by atoms with van der Waals surface area (Å²) < 4.78 is 0.496. The Labute approximate surface area is 89.7 Å². The first-order chi connectivity index (χ1) is 6.02. The second-order valence-corrected chi connectivity index (χ2v) is 4.16. The first-order valence-electron chi connectivity index (χ1n) is 3.69. The lowest BCUT2D eigenvalue weighted by Crippen LogP contribution is -2.10. The van der Waals surface area contributed by atoms with Gasteiger partial charge < -0.3 is 5.11 Å². The lowest BCUT2D eigenvalue weighted by Gasteiger charge is -2.03. The summed E-state index contributed by atoms with van der Waals surface area (Å²) in [5.41, 5.74) is 0.493. The normalized spacial score (nSPS) is 12.5. The molecule has 0 saturated carbocycles. The van der Waals surface area contributed by atoms with E-state index in [9.17, 15) is 9.90 Å². The van der Waals surface area contributed by atoms with Crippen molar-refractivity contribution in [1.29, 1.82) is 0 Å². The van der Waals surface area contributed by atoms with Crippen molar-refractivity contribution < 1.29 is 9.90 Å². The maximum Gasteiger partial charge on any atom is 0.180 e. The van der Waals surface area contributed by atoms with E-state index in [0.29, 0.717) is 10.0 Å². The van der Waals surface area contributed by atoms with E-state index in [4.69, 9.17) is 11.6 Å². The molecule has 1 unspecified atom stereocenters. The number of carbonyl (C=O) groups excluding carboxylic acids is 1. The predicted molar refractivity (Wildman–Crippen MR) is 55.5 cm³/mol. The summed E-state index contributed by atoms with van der Waals surface area (Å²) in [7, 11) is 0. The number of phenolic OH excluding ortho intramolecular Hbond substituents is 1. The summed E-state index contributed by atoms with van der Waals surface area (Å²) >= 11 is 8.75. The van der Waals surface area contributed by atoms with E-state index in [1.54, 1.807) is 19.1 Å². The second kappa shape index (κ2) is 4.11. The van der Waals surface area contributed by atoms with Crippen LogP contribution in [-0.2, 0) is 0 Å². The van der Waals surface area contributed by atoms with Gasteiger partial charge >= 0.3 is 0 Å². The van der Waals surface area contributed by atoms with E-state index >= 15 is 0 Å². The van der Waals surface area contributed by atoms with Gasteiger partial charge in [-0.15, -0.1) is 11.6 Å². The Balaban J connectivity index is 3.04. The molecule has 0 spiro atoms. The highest BCUT2D eigenvalue weighted by Gasteiger charge is 2.13. The monoisotopic (exact) mass is 262 g/mol. The Morgan fingerprint density at radius 2 is 2.23 bits per heavy atom. The van der Waals surface area contributed by atoms with Crippen molar-refractivity contribution in [2.24, 2.45) is 0 Å². The zero-order chi connectivity index (χ0) is 10.0. The molecule has 70 valence electrons. The molecule has 1 aromatic rings. The summed E-state index contributed by atoms with van der Waals surface area (Å²) in [6.07, 6.45) is 0. The summed E-state index contributed by atoms with van der Waals surface area (Å²) in [6.45, 7) is 1.62. The van der Waals surface area contributed by atoms with Crippen molar-refractivity contribution in [2.75, 3.05) is 0 Å². The summed E-state index contributed by atoms with van der Waals surface area (Å²) in [5.74, 6) is -0.0406. The van der Waals surface area contributed by atoms with Crippen LogP contribution in [0.2, 0.25) is 0 Å².